The van der Waals surface area contributed by atoms with Crippen molar-refractivity contribution >= 4 is 15.8 Å². The molecule has 3 rings (SSSR count). The monoisotopic (exact) mass is 375 g/mol. The van der Waals surface area contributed by atoms with Gasteiger partial charge < -0.3 is 10.4 Å². The Hall–Kier alpha value is -1.96. The molecule has 1 aliphatic heterocycles. The van der Waals surface area contributed by atoms with Gasteiger partial charge in [0.25, 0.3) is 0 Å². The molecule has 6 nitrogen and oxygen atoms in total. The number of pyridine rings is 1. The summed E-state index contributed by atoms with van der Waals surface area (Å²) in [5, 5.41) is 13.7. The van der Waals surface area contributed by atoms with Crippen LogP contribution >= 0.6 is 0 Å². The molecule has 1 aromatic heterocycles. The molecule has 0 saturated carbocycles. The predicted octanol–water partition coefficient (Wildman–Crippen LogP) is 2.58. The van der Waals surface area contributed by atoms with Crippen molar-refractivity contribution in [2.24, 2.45) is 0 Å². The van der Waals surface area contributed by atoms with Crippen LogP contribution in [0.1, 0.15) is 31.7 Å². The second-order valence-electron chi connectivity index (χ2n) is 6.80. The molecular weight excluding hydrogens is 350 g/mol. The number of hydrogen-bond acceptors (Lipinski definition) is 5. The van der Waals surface area contributed by atoms with Crippen LogP contribution < -0.4 is 5.32 Å². The molecular formula is C19H25N3O3S. The first kappa shape index (κ1) is 18.8. The molecule has 1 aromatic carbocycles. The van der Waals surface area contributed by atoms with E-state index in [1.807, 2.05) is 30.3 Å². The van der Waals surface area contributed by atoms with Gasteiger partial charge in [0.1, 0.15) is 5.82 Å². The SMILES string of the molecule is CC(O)(CCNc1cc(S(=O)(=O)N2CCCC2)ccn1)c1ccccc1. The van der Waals surface area contributed by atoms with E-state index in [9.17, 15) is 13.5 Å². The highest BCUT2D eigenvalue weighted by molar-refractivity contribution is 7.89. The second-order valence-corrected chi connectivity index (χ2v) is 8.74. The summed E-state index contributed by atoms with van der Waals surface area (Å²) in [5.41, 5.74) is -0.117. The Bertz CT molecular complexity index is 832. The van der Waals surface area contributed by atoms with Gasteiger partial charge in [0.2, 0.25) is 10.0 Å². The maximum absolute atomic E-state index is 12.6. The summed E-state index contributed by atoms with van der Waals surface area (Å²) in [6.07, 6.45) is 3.79. The molecule has 2 aromatic rings. The van der Waals surface area contributed by atoms with Gasteiger partial charge in [0.05, 0.1) is 10.5 Å². The number of aliphatic hydroxyl groups is 1. The number of hydrogen-bond donors (Lipinski definition) is 2. The minimum atomic E-state index is -3.45. The Morgan fingerprint density at radius 1 is 1.19 bits per heavy atom. The number of rotatable bonds is 7. The zero-order valence-corrected chi connectivity index (χ0v) is 15.7. The molecule has 2 N–H and O–H groups in total. The molecule has 1 aliphatic rings. The van der Waals surface area contributed by atoms with E-state index >= 15 is 0 Å². The fourth-order valence-corrected chi connectivity index (χ4v) is 4.65. The summed E-state index contributed by atoms with van der Waals surface area (Å²) >= 11 is 0. The molecule has 0 bridgehead atoms. The lowest BCUT2D eigenvalue weighted by Gasteiger charge is -2.24. The van der Waals surface area contributed by atoms with E-state index < -0.39 is 15.6 Å². The zero-order chi connectivity index (χ0) is 18.6. The fraction of sp³-hybridized carbons (Fsp3) is 0.421. The van der Waals surface area contributed by atoms with E-state index in [1.54, 1.807) is 13.0 Å². The summed E-state index contributed by atoms with van der Waals surface area (Å²) < 4.78 is 26.8. The van der Waals surface area contributed by atoms with E-state index in [0.29, 0.717) is 31.9 Å². The van der Waals surface area contributed by atoms with Crippen molar-refractivity contribution < 1.29 is 13.5 Å². The first-order valence-electron chi connectivity index (χ1n) is 8.88. The molecule has 2 heterocycles. The molecule has 1 atom stereocenters. The lowest BCUT2D eigenvalue weighted by atomic mass is 9.93. The van der Waals surface area contributed by atoms with Crippen molar-refractivity contribution in [2.45, 2.75) is 36.7 Å². The topological polar surface area (TPSA) is 82.5 Å². The third-order valence-electron chi connectivity index (χ3n) is 4.75. The Balaban J connectivity index is 1.64. The average Bonchev–Trinajstić information content (AvgIpc) is 3.18. The molecule has 1 saturated heterocycles. The van der Waals surface area contributed by atoms with Gasteiger partial charge in [-0.25, -0.2) is 13.4 Å². The maximum atomic E-state index is 12.6. The standard InChI is InChI=1S/C19H25N3O3S/c1-19(23,16-7-3-2-4-8-16)10-12-21-18-15-17(9-11-20-18)26(24,25)22-13-5-6-14-22/h2-4,7-9,11,15,23H,5-6,10,12-14H2,1H3,(H,20,21). The Morgan fingerprint density at radius 3 is 2.58 bits per heavy atom. The predicted molar refractivity (Wildman–Crippen MR) is 101 cm³/mol. The van der Waals surface area contributed by atoms with Gasteiger partial charge >= 0.3 is 0 Å². The van der Waals surface area contributed by atoms with Crippen molar-refractivity contribution in [3.05, 3.63) is 54.2 Å². The molecule has 0 amide bonds. The van der Waals surface area contributed by atoms with Gasteiger partial charge in [-0.1, -0.05) is 30.3 Å². The Kier molecular flexibility index (Phi) is 5.60. The van der Waals surface area contributed by atoms with Crippen LogP contribution in [0.4, 0.5) is 5.82 Å². The van der Waals surface area contributed by atoms with Crippen LogP contribution in [0.5, 0.6) is 0 Å². The summed E-state index contributed by atoms with van der Waals surface area (Å²) in [6.45, 7) is 3.40. The number of sulfonamides is 1. The number of benzene rings is 1. The molecule has 0 aliphatic carbocycles. The first-order valence-corrected chi connectivity index (χ1v) is 10.3. The minimum absolute atomic E-state index is 0.256. The van der Waals surface area contributed by atoms with Crippen LogP contribution in [0.15, 0.2) is 53.6 Å². The van der Waals surface area contributed by atoms with Crippen LogP contribution in [0.2, 0.25) is 0 Å². The normalized spacial score (nSPS) is 17.8. The van der Waals surface area contributed by atoms with E-state index in [1.165, 1.54) is 16.6 Å². The molecule has 26 heavy (non-hydrogen) atoms. The molecule has 1 fully saturated rings. The fourth-order valence-electron chi connectivity index (χ4n) is 3.12. The van der Waals surface area contributed by atoms with Crippen molar-refractivity contribution in [3.63, 3.8) is 0 Å². The smallest absolute Gasteiger partial charge is 0.243 e. The maximum Gasteiger partial charge on any atom is 0.243 e. The second kappa shape index (κ2) is 7.73. The van der Waals surface area contributed by atoms with E-state index in [0.717, 1.165) is 18.4 Å². The molecule has 0 radical (unpaired) electrons. The van der Waals surface area contributed by atoms with Gasteiger partial charge in [-0.05, 0) is 37.8 Å². The average molecular weight is 375 g/mol. The van der Waals surface area contributed by atoms with Gasteiger partial charge in [-0.15, -0.1) is 0 Å². The van der Waals surface area contributed by atoms with Crippen molar-refractivity contribution in [2.75, 3.05) is 25.0 Å². The summed E-state index contributed by atoms with van der Waals surface area (Å²) in [5.74, 6) is 0.495. The Morgan fingerprint density at radius 2 is 1.88 bits per heavy atom. The largest absolute Gasteiger partial charge is 0.385 e. The van der Waals surface area contributed by atoms with Crippen molar-refractivity contribution in [1.29, 1.82) is 0 Å². The highest BCUT2D eigenvalue weighted by Crippen LogP contribution is 2.25. The highest BCUT2D eigenvalue weighted by atomic mass is 32.2. The minimum Gasteiger partial charge on any atom is -0.385 e. The molecule has 140 valence electrons. The van der Waals surface area contributed by atoms with Gasteiger partial charge in [-0.3, -0.25) is 0 Å². The molecule has 7 heteroatoms. The van der Waals surface area contributed by atoms with Crippen LogP contribution in [0.25, 0.3) is 0 Å². The first-order chi connectivity index (χ1) is 12.4. The number of anilines is 1. The lowest BCUT2D eigenvalue weighted by molar-refractivity contribution is 0.0515. The van der Waals surface area contributed by atoms with E-state index in [-0.39, 0.29) is 4.90 Å². The third kappa shape index (κ3) is 4.23. The summed E-state index contributed by atoms with van der Waals surface area (Å²) in [7, 11) is -3.45. The van der Waals surface area contributed by atoms with Crippen molar-refractivity contribution in [3.8, 4) is 0 Å². The van der Waals surface area contributed by atoms with E-state index in [2.05, 4.69) is 10.3 Å². The third-order valence-corrected chi connectivity index (χ3v) is 6.64. The Labute approximate surface area is 154 Å². The van der Waals surface area contributed by atoms with Gasteiger partial charge in [-0.2, -0.15) is 4.31 Å². The van der Waals surface area contributed by atoms with Crippen LogP contribution in [-0.4, -0.2) is 42.4 Å². The lowest BCUT2D eigenvalue weighted by Crippen LogP contribution is -2.28. The van der Waals surface area contributed by atoms with Gasteiger partial charge in [0, 0.05) is 31.9 Å². The quantitative estimate of drug-likeness (QED) is 0.777. The number of nitrogens with zero attached hydrogens (tertiary/aromatic N) is 2. The number of aromatic nitrogens is 1. The molecule has 1 unspecified atom stereocenters. The number of nitrogens with one attached hydrogen (secondary N) is 1. The molecule has 0 spiro atoms. The summed E-state index contributed by atoms with van der Waals surface area (Å²) in [4.78, 5) is 4.45. The highest BCUT2D eigenvalue weighted by Gasteiger charge is 2.27. The van der Waals surface area contributed by atoms with Crippen molar-refractivity contribution in [1.82, 2.24) is 9.29 Å². The van der Waals surface area contributed by atoms with E-state index in [4.69, 9.17) is 0 Å². The van der Waals surface area contributed by atoms with Gasteiger partial charge in [0.15, 0.2) is 0 Å². The zero-order valence-electron chi connectivity index (χ0n) is 14.9. The van der Waals surface area contributed by atoms with Crippen LogP contribution in [0, 0.1) is 0 Å². The van der Waals surface area contributed by atoms with Crippen LogP contribution in [-0.2, 0) is 15.6 Å². The van der Waals surface area contributed by atoms with Crippen LogP contribution in [0.3, 0.4) is 0 Å². The summed E-state index contributed by atoms with van der Waals surface area (Å²) in [6, 6.07) is 12.6.